The second-order valence-electron chi connectivity index (χ2n) is 5.09. The van der Waals surface area contributed by atoms with Crippen molar-refractivity contribution in [2.24, 2.45) is 11.8 Å². The molecule has 2 heteroatoms. The van der Waals surface area contributed by atoms with Crippen molar-refractivity contribution >= 4 is 0 Å². The SMILES string of the molecule is COC1CCCC(O)(C(C)C(C)C)C1. The summed E-state index contributed by atoms with van der Waals surface area (Å²) in [5.74, 6) is 0.899. The van der Waals surface area contributed by atoms with E-state index in [-0.39, 0.29) is 6.10 Å². The van der Waals surface area contributed by atoms with Gasteiger partial charge in [0.1, 0.15) is 0 Å². The molecule has 0 heterocycles. The maximum Gasteiger partial charge on any atom is 0.0700 e. The molecular formula is C12H24O2. The maximum atomic E-state index is 10.5. The van der Waals surface area contributed by atoms with Gasteiger partial charge in [-0.3, -0.25) is 0 Å². The number of hydrogen-bond acceptors (Lipinski definition) is 2. The largest absolute Gasteiger partial charge is 0.390 e. The molecule has 84 valence electrons. The third kappa shape index (κ3) is 2.48. The van der Waals surface area contributed by atoms with E-state index >= 15 is 0 Å². The van der Waals surface area contributed by atoms with Crippen LogP contribution in [0.1, 0.15) is 46.5 Å². The lowest BCUT2D eigenvalue weighted by Crippen LogP contribution is -2.45. The summed E-state index contributed by atoms with van der Waals surface area (Å²) in [7, 11) is 1.75. The first-order valence-corrected chi connectivity index (χ1v) is 5.75. The second-order valence-corrected chi connectivity index (χ2v) is 5.09. The van der Waals surface area contributed by atoms with Gasteiger partial charge in [0.2, 0.25) is 0 Å². The summed E-state index contributed by atoms with van der Waals surface area (Å²) in [6, 6.07) is 0. The molecule has 0 aromatic carbocycles. The molecule has 1 saturated carbocycles. The first-order chi connectivity index (χ1) is 6.49. The average molecular weight is 200 g/mol. The molecule has 1 aliphatic carbocycles. The predicted molar refractivity (Wildman–Crippen MR) is 58.2 cm³/mol. The standard InChI is InChI=1S/C12H24O2/c1-9(2)10(3)12(13)7-5-6-11(8-12)14-4/h9-11,13H,5-8H2,1-4H3. The molecule has 1 fully saturated rings. The Morgan fingerprint density at radius 2 is 2.00 bits per heavy atom. The molecule has 0 spiro atoms. The van der Waals surface area contributed by atoms with E-state index in [1.54, 1.807) is 7.11 Å². The highest BCUT2D eigenvalue weighted by Gasteiger charge is 2.40. The van der Waals surface area contributed by atoms with Crippen LogP contribution in [0.3, 0.4) is 0 Å². The van der Waals surface area contributed by atoms with Crippen LogP contribution in [0.25, 0.3) is 0 Å². The van der Waals surface area contributed by atoms with Crippen LogP contribution < -0.4 is 0 Å². The van der Waals surface area contributed by atoms with Crippen molar-refractivity contribution in [2.45, 2.75) is 58.2 Å². The molecule has 1 rings (SSSR count). The summed E-state index contributed by atoms with van der Waals surface area (Å²) in [6.45, 7) is 6.51. The van der Waals surface area contributed by atoms with Crippen LogP contribution >= 0.6 is 0 Å². The average Bonchev–Trinajstić information content (AvgIpc) is 2.16. The van der Waals surface area contributed by atoms with Gasteiger partial charge in [0.25, 0.3) is 0 Å². The minimum absolute atomic E-state index is 0.259. The molecule has 0 amide bonds. The highest BCUT2D eigenvalue weighted by atomic mass is 16.5. The molecule has 14 heavy (non-hydrogen) atoms. The van der Waals surface area contributed by atoms with Gasteiger partial charge < -0.3 is 9.84 Å². The van der Waals surface area contributed by atoms with Gasteiger partial charge in [0, 0.05) is 13.5 Å². The zero-order valence-electron chi connectivity index (χ0n) is 9.92. The fraction of sp³-hybridized carbons (Fsp3) is 1.00. The normalized spacial score (nSPS) is 36.0. The minimum atomic E-state index is -0.493. The fourth-order valence-corrected chi connectivity index (χ4v) is 2.47. The van der Waals surface area contributed by atoms with Gasteiger partial charge in [-0.2, -0.15) is 0 Å². The van der Waals surface area contributed by atoms with E-state index < -0.39 is 5.60 Å². The highest BCUT2D eigenvalue weighted by Crippen LogP contribution is 2.38. The van der Waals surface area contributed by atoms with Gasteiger partial charge >= 0.3 is 0 Å². The molecule has 1 aliphatic rings. The first-order valence-electron chi connectivity index (χ1n) is 5.75. The van der Waals surface area contributed by atoms with Crippen LogP contribution in [-0.2, 0) is 4.74 Å². The summed E-state index contributed by atoms with van der Waals surface area (Å²) >= 11 is 0. The van der Waals surface area contributed by atoms with Crippen LogP contribution in [0.2, 0.25) is 0 Å². The molecule has 0 aromatic heterocycles. The van der Waals surface area contributed by atoms with E-state index in [1.165, 1.54) is 0 Å². The Bertz CT molecular complexity index is 179. The van der Waals surface area contributed by atoms with E-state index in [4.69, 9.17) is 4.74 Å². The second kappa shape index (κ2) is 4.63. The third-order valence-corrected chi connectivity index (χ3v) is 3.90. The number of rotatable bonds is 3. The molecule has 0 saturated heterocycles. The monoisotopic (exact) mass is 200 g/mol. The smallest absolute Gasteiger partial charge is 0.0700 e. The van der Waals surface area contributed by atoms with E-state index in [9.17, 15) is 5.11 Å². The van der Waals surface area contributed by atoms with Crippen molar-refractivity contribution in [1.82, 2.24) is 0 Å². The Morgan fingerprint density at radius 3 is 2.50 bits per heavy atom. The van der Waals surface area contributed by atoms with Gasteiger partial charge in [-0.05, 0) is 31.1 Å². The summed E-state index contributed by atoms with van der Waals surface area (Å²) < 4.78 is 5.36. The predicted octanol–water partition coefficient (Wildman–Crippen LogP) is 2.60. The number of aliphatic hydroxyl groups is 1. The quantitative estimate of drug-likeness (QED) is 0.759. The van der Waals surface area contributed by atoms with Crippen molar-refractivity contribution in [3.63, 3.8) is 0 Å². The van der Waals surface area contributed by atoms with Crippen molar-refractivity contribution in [2.75, 3.05) is 7.11 Å². The Hall–Kier alpha value is -0.0800. The summed E-state index contributed by atoms with van der Waals surface area (Å²) in [5.41, 5.74) is -0.493. The molecule has 0 bridgehead atoms. The Kier molecular flexibility index (Phi) is 3.96. The van der Waals surface area contributed by atoms with E-state index in [1.807, 2.05) is 0 Å². The van der Waals surface area contributed by atoms with Crippen LogP contribution in [0, 0.1) is 11.8 Å². The topological polar surface area (TPSA) is 29.5 Å². The Morgan fingerprint density at radius 1 is 1.36 bits per heavy atom. The van der Waals surface area contributed by atoms with Gasteiger partial charge in [0.15, 0.2) is 0 Å². The van der Waals surface area contributed by atoms with E-state index in [0.29, 0.717) is 11.8 Å². The lowest BCUT2D eigenvalue weighted by Gasteiger charge is -2.42. The minimum Gasteiger partial charge on any atom is -0.390 e. The lowest BCUT2D eigenvalue weighted by molar-refractivity contribution is -0.100. The Labute approximate surface area is 87.7 Å². The van der Waals surface area contributed by atoms with Gasteiger partial charge in [-0.15, -0.1) is 0 Å². The van der Waals surface area contributed by atoms with E-state index in [2.05, 4.69) is 20.8 Å². The van der Waals surface area contributed by atoms with Crippen molar-refractivity contribution in [3.8, 4) is 0 Å². The Balaban J connectivity index is 2.63. The zero-order chi connectivity index (χ0) is 10.8. The van der Waals surface area contributed by atoms with Gasteiger partial charge in [0.05, 0.1) is 11.7 Å². The summed E-state index contributed by atoms with van der Waals surface area (Å²) in [6.07, 6.45) is 4.19. The maximum absolute atomic E-state index is 10.5. The molecule has 1 N–H and O–H groups in total. The fourth-order valence-electron chi connectivity index (χ4n) is 2.47. The number of ether oxygens (including phenoxy) is 1. The lowest BCUT2D eigenvalue weighted by atomic mass is 9.71. The molecule has 3 atom stereocenters. The number of hydrogen-bond donors (Lipinski definition) is 1. The molecular weight excluding hydrogens is 176 g/mol. The van der Waals surface area contributed by atoms with Gasteiger partial charge in [-0.25, -0.2) is 0 Å². The molecule has 3 unspecified atom stereocenters. The van der Waals surface area contributed by atoms with Crippen LogP contribution in [0.15, 0.2) is 0 Å². The molecule has 2 nitrogen and oxygen atoms in total. The third-order valence-electron chi connectivity index (χ3n) is 3.90. The first kappa shape index (κ1) is 12.0. The summed E-state index contributed by atoms with van der Waals surface area (Å²) in [5, 5.41) is 10.5. The highest BCUT2D eigenvalue weighted by molar-refractivity contribution is 4.91. The van der Waals surface area contributed by atoms with E-state index in [0.717, 1.165) is 25.7 Å². The molecule has 0 aromatic rings. The van der Waals surface area contributed by atoms with Crippen LogP contribution in [0.4, 0.5) is 0 Å². The summed E-state index contributed by atoms with van der Waals surface area (Å²) in [4.78, 5) is 0. The van der Waals surface area contributed by atoms with Crippen molar-refractivity contribution < 1.29 is 9.84 Å². The van der Waals surface area contributed by atoms with Crippen molar-refractivity contribution in [3.05, 3.63) is 0 Å². The number of methoxy groups -OCH3 is 1. The van der Waals surface area contributed by atoms with Gasteiger partial charge in [-0.1, -0.05) is 20.8 Å². The van der Waals surface area contributed by atoms with Crippen molar-refractivity contribution in [1.29, 1.82) is 0 Å². The molecule has 0 radical (unpaired) electrons. The van der Waals surface area contributed by atoms with Crippen LogP contribution in [-0.4, -0.2) is 23.9 Å². The van der Waals surface area contributed by atoms with Crippen LogP contribution in [0.5, 0.6) is 0 Å². The zero-order valence-corrected chi connectivity index (χ0v) is 9.92. The molecule has 0 aliphatic heterocycles.